The number of rotatable bonds is 2. The SMILES string of the molecule is Cn1c(N)c(C=O)c2nc(C(C)(C)O)cnc21. The van der Waals surface area contributed by atoms with Crippen LogP contribution in [0.4, 0.5) is 5.82 Å². The second-order valence-corrected chi connectivity index (χ2v) is 4.46. The zero-order chi connectivity index (χ0) is 12.8. The summed E-state index contributed by atoms with van der Waals surface area (Å²) >= 11 is 0. The van der Waals surface area contributed by atoms with Crippen molar-refractivity contribution in [3.05, 3.63) is 17.5 Å². The van der Waals surface area contributed by atoms with Gasteiger partial charge in [-0.05, 0) is 13.8 Å². The molecule has 2 rings (SSSR count). The summed E-state index contributed by atoms with van der Waals surface area (Å²) < 4.78 is 1.60. The minimum atomic E-state index is -1.11. The molecule has 0 unspecified atom stereocenters. The van der Waals surface area contributed by atoms with Crippen LogP contribution in [0.2, 0.25) is 0 Å². The first-order chi connectivity index (χ1) is 7.86. The number of nitrogens with two attached hydrogens (primary N) is 1. The van der Waals surface area contributed by atoms with E-state index in [9.17, 15) is 9.90 Å². The first-order valence-corrected chi connectivity index (χ1v) is 5.15. The van der Waals surface area contributed by atoms with Crippen LogP contribution in [0.3, 0.4) is 0 Å². The molecular formula is C11H14N4O2. The predicted molar refractivity (Wildman–Crippen MR) is 63.6 cm³/mol. The predicted octanol–water partition coefficient (Wildman–Crippen LogP) is 0.590. The third-order valence-electron chi connectivity index (χ3n) is 2.71. The molecule has 0 amide bonds. The lowest BCUT2D eigenvalue weighted by Crippen LogP contribution is -2.18. The fourth-order valence-electron chi connectivity index (χ4n) is 1.64. The van der Waals surface area contributed by atoms with Crippen molar-refractivity contribution in [1.82, 2.24) is 14.5 Å². The number of nitrogens with zero attached hydrogens (tertiary/aromatic N) is 3. The molecular weight excluding hydrogens is 220 g/mol. The molecule has 0 saturated heterocycles. The zero-order valence-corrected chi connectivity index (χ0v) is 9.93. The van der Waals surface area contributed by atoms with E-state index in [0.717, 1.165) is 0 Å². The highest BCUT2D eigenvalue weighted by molar-refractivity contribution is 5.99. The molecule has 6 heteroatoms. The molecule has 0 bridgehead atoms. The Labute approximate surface area is 98.1 Å². The Balaban J connectivity index is 2.81. The van der Waals surface area contributed by atoms with E-state index in [2.05, 4.69) is 9.97 Å². The van der Waals surface area contributed by atoms with Crippen molar-refractivity contribution in [3.63, 3.8) is 0 Å². The van der Waals surface area contributed by atoms with Crippen LogP contribution >= 0.6 is 0 Å². The van der Waals surface area contributed by atoms with Gasteiger partial charge < -0.3 is 15.4 Å². The fraction of sp³-hybridized carbons (Fsp3) is 0.364. The van der Waals surface area contributed by atoms with Gasteiger partial charge in [0.15, 0.2) is 11.9 Å². The Hall–Kier alpha value is -1.95. The van der Waals surface area contributed by atoms with E-state index in [1.807, 2.05) is 0 Å². The van der Waals surface area contributed by atoms with Crippen molar-refractivity contribution >= 4 is 23.3 Å². The Morgan fingerprint density at radius 2 is 2.18 bits per heavy atom. The smallest absolute Gasteiger partial charge is 0.160 e. The van der Waals surface area contributed by atoms with Gasteiger partial charge in [0.05, 0.1) is 17.5 Å². The van der Waals surface area contributed by atoms with Gasteiger partial charge in [0.25, 0.3) is 0 Å². The molecule has 2 heterocycles. The van der Waals surface area contributed by atoms with Crippen molar-refractivity contribution in [2.45, 2.75) is 19.4 Å². The number of aromatic nitrogens is 3. The fourth-order valence-corrected chi connectivity index (χ4v) is 1.64. The number of aliphatic hydroxyl groups is 1. The van der Waals surface area contributed by atoms with Crippen LogP contribution in [-0.2, 0) is 12.6 Å². The van der Waals surface area contributed by atoms with Crippen molar-refractivity contribution in [2.75, 3.05) is 5.73 Å². The third kappa shape index (κ3) is 1.66. The number of hydrogen-bond donors (Lipinski definition) is 2. The lowest BCUT2D eigenvalue weighted by molar-refractivity contribution is 0.0738. The van der Waals surface area contributed by atoms with Gasteiger partial charge >= 0.3 is 0 Å². The molecule has 2 aromatic rings. The van der Waals surface area contributed by atoms with Gasteiger partial charge in [-0.25, -0.2) is 9.97 Å². The van der Waals surface area contributed by atoms with E-state index in [0.29, 0.717) is 34.5 Å². The average Bonchev–Trinajstić information content (AvgIpc) is 2.50. The van der Waals surface area contributed by atoms with Gasteiger partial charge in [0.2, 0.25) is 0 Å². The molecule has 0 spiro atoms. The minimum Gasteiger partial charge on any atom is -0.384 e. The second kappa shape index (κ2) is 3.53. The Morgan fingerprint density at radius 1 is 1.53 bits per heavy atom. The number of hydrogen-bond acceptors (Lipinski definition) is 5. The van der Waals surface area contributed by atoms with E-state index in [-0.39, 0.29) is 0 Å². The maximum Gasteiger partial charge on any atom is 0.160 e. The van der Waals surface area contributed by atoms with Crippen LogP contribution in [0.5, 0.6) is 0 Å². The second-order valence-electron chi connectivity index (χ2n) is 4.46. The Bertz CT molecular complexity index is 596. The molecule has 0 aliphatic rings. The first-order valence-electron chi connectivity index (χ1n) is 5.15. The summed E-state index contributed by atoms with van der Waals surface area (Å²) in [5.74, 6) is 0.322. The number of fused-ring (bicyclic) bond motifs is 1. The number of anilines is 1. The van der Waals surface area contributed by atoms with Crippen molar-refractivity contribution in [2.24, 2.45) is 7.05 Å². The van der Waals surface area contributed by atoms with E-state index in [1.54, 1.807) is 25.5 Å². The molecule has 0 atom stereocenters. The van der Waals surface area contributed by atoms with E-state index in [1.165, 1.54) is 6.20 Å². The van der Waals surface area contributed by atoms with Gasteiger partial charge in [-0.3, -0.25) is 4.79 Å². The lowest BCUT2D eigenvalue weighted by Gasteiger charge is -2.15. The Kier molecular flexibility index (Phi) is 2.39. The van der Waals surface area contributed by atoms with Crippen molar-refractivity contribution in [3.8, 4) is 0 Å². The maximum atomic E-state index is 11.0. The van der Waals surface area contributed by atoms with Crippen molar-refractivity contribution in [1.29, 1.82) is 0 Å². The highest BCUT2D eigenvalue weighted by atomic mass is 16.3. The quantitative estimate of drug-likeness (QED) is 0.742. The molecule has 6 nitrogen and oxygen atoms in total. The van der Waals surface area contributed by atoms with E-state index in [4.69, 9.17) is 5.73 Å². The molecule has 90 valence electrons. The topological polar surface area (TPSA) is 94.0 Å². The van der Waals surface area contributed by atoms with Crippen LogP contribution in [-0.4, -0.2) is 25.9 Å². The molecule has 3 N–H and O–H groups in total. The first kappa shape index (κ1) is 11.5. The Morgan fingerprint density at radius 3 is 2.71 bits per heavy atom. The van der Waals surface area contributed by atoms with Crippen LogP contribution < -0.4 is 5.73 Å². The lowest BCUT2D eigenvalue weighted by atomic mass is 10.1. The summed E-state index contributed by atoms with van der Waals surface area (Å²) in [4.78, 5) is 19.4. The third-order valence-corrected chi connectivity index (χ3v) is 2.71. The molecule has 17 heavy (non-hydrogen) atoms. The van der Waals surface area contributed by atoms with Gasteiger partial charge in [-0.1, -0.05) is 0 Å². The average molecular weight is 234 g/mol. The largest absolute Gasteiger partial charge is 0.384 e. The molecule has 0 aromatic carbocycles. The molecule has 0 fully saturated rings. The summed E-state index contributed by atoms with van der Waals surface area (Å²) in [6.45, 7) is 3.21. The van der Waals surface area contributed by atoms with Gasteiger partial charge in [-0.2, -0.15) is 0 Å². The highest BCUT2D eigenvalue weighted by Crippen LogP contribution is 2.25. The van der Waals surface area contributed by atoms with Gasteiger partial charge in [-0.15, -0.1) is 0 Å². The summed E-state index contributed by atoms with van der Waals surface area (Å²) in [6, 6.07) is 0. The number of aldehydes is 1. The van der Waals surface area contributed by atoms with Crippen molar-refractivity contribution < 1.29 is 9.90 Å². The van der Waals surface area contributed by atoms with Gasteiger partial charge in [0.1, 0.15) is 16.9 Å². The molecule has 0 aliphatic carbocycles. The molecule has 2 aromatic heterocycles. The van der Waals surface area contributed by atoms with E-state index < -0.39 is 5.60 Å². The zero-order valence-electron chi connectivity index (χ0n) is 9.93. The normalized spacial score (nSPS) is 12.0. The standard InChI is InChI=1S/C11H14N4O2/c1-11(2,17)7-4-13-10-8(14-7)6(5-16)9(12)15(10)3/h4-5,17H,12H2,1-3H3. The van der Waals surface area contributed by atoms with Gasteiger partial charge in [0, 0.05) is 7.05 Å². The number of carbonyl (C=O) groups excluding carboxylic acids is 1. The maximum absolute atomic E-state index is 11.0. The summed E-state index contributed by atoms with van der Waals surface area (Å²) in [5.41, 5.74) is 6.32. The highest BCUT2D eigenvalue weighted by Gasteiger charge is 2.22. The summed E-state index contributed by atoms with van der Waals surface area (Å²) in [7, 11) is 1.71. The van der Waals surface area contributed by atoms with Crippen LogP contribution in [0, 0.1) is 0 Å². The molecule has 0 saturated carbocycles. The number of carbonyl (C=O) groups is 1. The number of aryl methyl sites for hydroxylation is 1. The molecule has 0 aliphatic heterocycles. The van der Waals surface area contributed by atoms with Crippen LogP contribution in [0.1, 0.15) is 29.9 Å². The summed E-state index contributed by atoms with van der Waals surface area (Å²) in [6.07, 6.45) is 2.14. The number of nitrogen functional groups attached to an aromatic ring is 1. The summed E-state index contributed by atoms with van der Waals surface area (Å²) in [5, 5.41) is 9.86. The van der Waals surface area contributed by atoms with Crippen LogP contribution in [0.15, 0.2) is 6.20 Å². The van der Waals surface area contributed by atoms with E-state index >= 15 is 0 Å². The van der Waals surface area contributed by atoms with Crippen LogP contribution in [0.25, 0.3) is 11.2 Å². The monoisotopic (exact) mass is 234 g/mol. The minimum absolute atomic E-state index is 0.307. The molecule has 0 radical (unpaired) electrons.